The summed E-state index contributed by atoms with van der Waals surface area (Å²) in [6.45, 7) is 6.89. The number of carbonyl (C=O) groups is 1. The third-order valence-corrected chi connectivity index (χ3v) is 5.18. The zero-order chi connectivity index (χ0) is 20.8. The molecule has 0 unspecified atom stereocenters. The summed E-state index contributed by atoms with van der Waals surface area (Å²) in [7, 11) is 1.57. The van der Waals surface area contributed by atoms with E-state index in [0.717, 1.165) is 16.5 Å². The SMILES string of the molecule is Cc1ccc2c(CC(=O)N[C@H](c3c(C)nn(C)c3C)C(F)(F)F)coc2c1C. The standard InChI is InChI=1S/C20H22F3N3O2/c1-10-6-7-15-14(9-28-18(15)11(10)2)8-16(27)24-19(20(21,22)23)17-12(3)25-26(5)13(17)4/h6-7,9,19H,8H2,1-5H3,(H,24,27)/t19-/m1/s1. The van der Waals surface area contributed by atoms with Gasteiger partial charge >= 0.3 is 6.18 Å². The highest BCUT2D eigenvalue weighted by atomic mass is 19.4. The summed E-state index contributed by atoms with van der Waals surface area (Å²) in [5.41, 5.74) is 3.76. The van der Waals surface area contributed by atoms with Gasteiger partial charge < -0.3 is 9.73 Å². The number of benzene rings is 1. The molecule has 2 heterocycles. The van der Waals surface area contributed by atoms with Crippen molar-refractivity contribution in [1.29, 1.82) is 0 Å². The van der Waals surface area contributed by atoms with Crippen LogP contribution in [0, 0.1) is 27.7 Å². The fourth-order valence-corrected chi connectivity index (χ4v) is 3.44. The molecule has 3 rings (SSSR count). The molecule has 8 heteroatoms. The fraction of sp³-hybridized carbons (Fsp3) is 0.400. The molecule has 0 aliphatic heterocycles. The van der Waals surface area contributed by atoms with Crippen molar-refractivity contribution < 1.29 is 22.4 Å². The quantitative estimate of drug-likeness (QED) is 0.716. The number of amides is 1. The molecule has 0 aliphatic carbocycles. The van der Waals surface area contributed by atoms with Crippen molar-refractivity contribution in [3.63, 3.8) is 0 Å². The summed E-state index contributed by atoms with van der Waals surface area (Å²) in [4.78, 5) is 12.5. The molecule has 150 valence electrons. The van der Waals surface area contributed by atoms with Crippen LogP contribution in [0.15, 0.2) is 22.8 Å². The van der Waals surface area contributed by atoms with Crippen molar-refractivity contribution in [2.45, 2.75) is 46.3 Å². The first kappa shape index (κ1) is 20.0. The molecule has 1 N–H and O–H groups in total. The van der Waals surface area contributed by atoms with Gasteiger partial charge in [-0.1, -0.05) is 12.1 Å². The monoisotopic (exact) mass is 393 g/mol. The summed E-state index contributed by atoms with van der Waals surface area (Å²) in [6.07, 6.45) is -3.42. The lowest BCUT2D eigenvalue weighted by Gasteiger charge is -2.22. The van der Waals surface area contributed by atoms with Gasteiger partial charge in [0.05, 0.1) is 18.4 Å². The molecule has 0 saturated carbocycles. The number of aryl methyl sites for hydroxylation is 4. The number of rotatable bonds is 4. The molecular formula is C20H22F3N3O2. The maximum atomic E-state index is 13.7. The Balaban J connectivity index is 1.89. The number of hydrogen-bond donors (Lipinski definition) is 1. The van der Waals surface area contributed by atoms with E-state index >= 15 is 0 Å². The van der Waals surface area contributed by atoms with Gasteiger partial charge in [-0.2, -0.15) is 18.3 Å². The molecular weight excluding hydrogens is 371 g/mol. The smallest absolute Gasteiger partial charge is 0.413 e. The topological polar surface area (TPSA) is 60.1 Å². The van der Waals surface area contributed by atoms with Crippen LogP contribution >= 0.6 is 0 Å². The molecule has 5 nitrogen and oxygen atoms in total. The van der Waals surface area contributed by atoms with E-state index in [1.54, 1.807) is 14.0 Å². The van der Waals surface area contributed by atoms with Crippen molar-refractivity contribution in [3.8, 4) is 0 Å². The number of halogens is 3. The van der Waals surface area contributed by atoms with Gasteiger partial charge in [-0.25, -0.2) is 0 Å². The largest absolute Gasteiger partial charge is 0.464 e. The number of nitrogens with zero attached hydrogens (tertiary/aromatic N) is 2. The summed E-state index contributed by atoms with van der Waals surface area (Å²) >= 11 is 0. The fourth-order valence-electron chi connectivity index (χ4n) is 3.44. The van der Waals surface area contributed by atoms with Crippen LogP contribution in [0.5, 0.6) is 0 Å². The summed E-state index contributed by atoms with van der Waals surface area (Å²) in [5.74, 6) is -0.731. The molecule has 0 radical (unpaired) electrons. The molecule has 2 aromatic heterocycles. The van der Waals surface area contributed by atoms with E-state index in [1.807, 2.05) is 26.0 Å². The molecule has 3 aromatic rings. The van der Waals surface area contributed by atoms with E-state index in [9.17, 15) is 18.0 Å². The molecule has 1 aromatic carbocycles. The van der Waals surface area contributed by atoms with Gasteiger partial charge in [0, 0.05) is 29.3 Å². The minimum Gasteiger partial charge on any atom is -0.464 e. The Hall–Kier alpha value is -2.77. The Bertz CT molecular complexity index is 1050. The number of aromatic nitrogens is 2. The zero-order valence-electron chi connectivity index (χ0n) is 16.4. The van der Waals surface area contributed by atoms with Crippen molar-refractivity contribution >= 4 is 16.9 Å². The van der Waals surface area contributed by atoms with Crippen LogP contribution in [-0.2, 0) is 18.3 Å². The third kappa shape index (κ3) is 3.50. The van der Waals surface area contributed by atoms with Gasteiger partial charge in [0.25, 0.3) is 0 Å². The molecule has 1 atom stereocenters. The van der Waals surface area contributed by atoms with E-state index in [4.69, 9.17) is 4.42 Å². The van der Waals surface area contributed by atoms with Gasteiger partial charge in [-0.3, -0.25) is 9.48 Å². The highest BCUT2D eigenvalue weighted by Gasteiger charge is 2.44. The van der Waals surface area contributed by atoms with E-state index in [0.29, 0.717) is 16.8 Å². The van der Waals surface area contributed by atoms with Crippen molar-refractivity contribution in [2.24, 2.45) is 7.05 Å². The average molecular weight is 393 g/mol. The predicted octanol–water partition coefficient (Wildman–Crippen LogP) is 4.36. The lowest BCUT2D eigenvalue weighted by atomic mass is 10.0. The molecule has 1 amide bonds. The number of nitrogens with one attached hydrogen (secondary N) is 1. The van der Waals surface area contributed by atoms with E-state index in [1.165, 1.54) is 17.9 Å². The lowest BCUT2D eigenvalue weighted by Crippen LogP contribution is -2.39. The molecule has 28 heavy (non-hydrogen) atoms. The van der Waals surface area contributed by atoms with Gasteiger partial charge in [0.15, 0.2) is 6.04 Å². The Morgan fingerprint density at radius 3 is 2.50 bits per heavy atom. The molecule has 0 saturated heterocycles. The van der Waals surface area contributed by atoms with E-state index in [-0.39, 0.29) is 17.7 Å². The predicted molar refractivity (Wildman–Crippen MR) is 99.0 cm³/mol. The van der Waals surface area contributed by atoms with Gasteiger partial charge in [0.1, 0.15) is 5.58 Å². The summed E-state index contributed by atoms with van der Waals surface area (Å²) < 4.78 is 48.0. The zero-order valence-corrected chi connectivity index (χ0v) is 16.4. The van der Waals surface area contributed by atoms with Crippen LogP contribution in [0.2, 0.25) is 0 Å². The molecule has 0 aliphatic rings. The number of furan rings is 1. The van der Waals surface area contributed by atoms with E-state index in [2.05, 4.69) is 10.4 Å². The Labute approximate surface area is 160 Å². The normalized spacial score (nSPS) is 13.1. The maximum absolute atomic E-state index is 13.7. The van der Waals surface area contributed by atoms with Crippen molar-refractivity contribution in [3.05, 3.63) is 52.0 Å². The summed E-state index contributed by atoms with van der Waals surface area (Å²) in [5, 5.41) is 6.91. The first-order valence-electron chi connectivity index (χ1n) is 8.83. The van der Waals surface area contributed by atoms with Crippen molar-refractivity contribution in [2.75, 3.05) is 0 Å². The maximum Gasteiger partial charge on any atom is 0.413 e. The minimum atomic E-state index is -4.64. The third-order valence-electron chi connectivity index (χ3n) is 5.18. The van der Waals surface area contributed by atoms with Crippen LogP contribution in [-0.4, -0.2) is 21.9 Å². The molecule has 0 spiro atoms. The highest BCUT2D eigenvalue weighted by molar-refractivity contribution is 5.89. The number of hydrogen-bond acceptors (Lipinski definition) is 3. The minimum absolute atomic E-state index is 0.0214. The van der Waals surface area contributed by atoms with Crippen LogP contribution in [0.4, 0.5) is 13.2 Å². The second-order valence-electron chi connectivity index (χ2n) is 7.07. The van der Waals surface area contributed by atoms with Crippen LogP contribution in [0.1, 0.15) is 39.7 Å². The van der Waals surface area contributed by atoms with Crippen molar-refractivity contribution in [1.82, 2.24) is 15.1 Å². The number of alkyl halides is 3. The average Bonchev–Trinajstić information content (AvgIpc) is 3.10. The lowest BCUT2D eigenvalue weighted by molar-refractivity contribution is -0.163. The van der Waals surface area contributed by atoms with Gasteiger partial charge in [-0.05, 0) is 38.8 Å². The second kappa shape index (κ2) is 7.00. The highest BCUT2D eigenvalue weighted by Crippen LogP contribution is 2.36. The first-order valence-corrected chi connectivity index (χ1v) is 8.83. The number of carbonyl (C=O) groups excluding carboxylic acids is 1. The molecule has 0 fully saturated rings. The van der Waals surface area contributed by atoms with Gasteiger partial charge in [-0.15, -0.1) is 0 Å². The van der Waals surface area contributed by atoms with Crippen LogP contribution in [0.3, 0.4) is 0 Å². The Morgan fingerprint density at radius 2 is 1.93 bits per heavy atom. The number of fused-ring (bicyclic) bond motifs is 1. The van der Waals surface area contributed by atoms with E-state index < -0.39 is 18.1 Å². The van der Waals surface area contributed by atoms with Crippen LogP contribution < -0.4 is 5.32 Å². The second-order valence-corrected chi connectivity index (χ2v) is 7.07. The Morgan fingerprint density at radius 1 is 1.25 bits per heavy atom. The molecule has 0 bridgehead atoms. The van der Waals surface area contributed by atoms with Crippen LogP contribution in [0.25, 0.3) is 11.0 Å². The summed E-state index contributed by atoms with van der Waals surface area (Å²) in [6, 6.07) is 1.60. The first-order chi connectivity index (χ1) is 13.0. The van der Waals surface area contributed by atoms with Gasteiger partial charge in [0.2, 0.25) is 5.91 Å². The Kier molecular flexibility index (Phi) is 4.99.